The van der Waals surface area contributed by atoms with Crippen molar-refractivity contribution in [3.63, 3.8) is 0 Å². The van der Waals surface area contributed by atoms with Crippen LogP contribution in [0.4, 0.5) is 13.2 Å². The minimum absolute atomic E-state index is 0. The molecule has 0 aromatic heterocycles. The van der Waals surface area contributed by atoms with Crippen molar-refractivity contribution in [2.24, 2.45) is 5.73 Å². The van der Waals surface area contributed by atoms with Gasteiger partial charge in [-0.3, -0.25) is 0 Å². The molecule has 1 atom stereocenters. The zero-order chi connectivity index (χ0) is 14.8. The van der Waals surface area contributed by atoms with Crippen LogP contribution in [0.2, 0.25) is 5.02 Å². The molecule has 2 aromatic rings. The highest BCUT2D eigenvalue weighted by molar-refractivity contribution is 6.30. The third-order valence-electron chi connectivity index (χ3n) is 2.70. The van der Waals surface area contributed by atoms with Gasteiger partial charge in [-0.1, -0.05) is 35.9 Å². The molecule has 0 aliphatic heterocycles. The first-order chi connectivity index (χ1) is 9.35. The average molecular weight is 338 g/mol. The lowest BCUT2D eigenvalue weighted by Crippen LogP contribution is -2.17. The summed E-state index contributed by atoms with van der Waals surface area (Å²) in [7, 11) is 0. The maximum absolute atomic E-state index is 12.0. The van der Waals surface area contributed by atoms with Crippen molar-refractivity contribution in [1.29, 1.82) is 0 Å². The second kappa shape index (κ2) is 7.02. The summed E-state index contributed by atoms with van der Waals surface area (Å²) < 4.78 is 39.9. The number of hydrogen-bond acceptors (Lipinski definition) is 2. The van der Waals surface area contributed by atoms with Gasteiger partial charge in [-0.2, -0.15) is 0 Å². The van der Waals surface area contributed by atoms with Gasteiger partial charge in [-0.05, 0) is 35.4 Å². The van der Waals surface area contributed by atoms with Crippen molar-refractivity contribution in [2.75, 3.05) is 0 Å². The summed E-state index contributed by atoms with van der Waals surface area (Å²) >= 11 is 5.78. The Balaban J connectivity index is 0.00000220. The van der Waals surface area contributed by atoms with Crippen LogP contribution in [0.1, 0.15) is 17.2 Å². The fourth-order valence-corrected chi connectivity index (χ4v) is 1.87. The first-order valence-electron chi connectivity index (χ1n) is 5.72. The van der Waals surface area contributed by atoms with Gasteiger partial charge in [-0.15, -0.1) is 25.6 Å². The molecule has 2 aromatic carbocycles. The molecule has 0 aliphatic carbocycles. The van der Waals surface area contributed by atoms with Crippen LogP contribution in [-0.2, 0) is 0 Å². The van der Waals surface area contributed by atoms with Gasteiger partial charge < -0.3 is 10.5 Å². The fourth-order valence-electron chi connectivity index (χ4n) is 1.74. The minimum Gasteiger partial charge on any atom is -0.406 e. The molecular weight excluding hydrogens is 326 g/mol. The average Bonchev–Trinajstić information content (AvgIpc) is 2.38. The van der Waals surface area contributed by atoms with Gasteiger partial charge in [0, 0.05) is 5.02 Å². The van der Waals surface area contributed by atoms with Gasteiger partial charge in [0.25, 0.3) is 0 Å². The summed E-state index contributed by atoms with van der Waals surface area (Å²) in [6.45, 7) is 0. The van der Waals surface area contributed by atoms with Gasteiger partial charge in [0.1, 0.15) is 5.75 Å². The zero-order valence-electron chi connectivity index (χ0n) is 10.6. The van der Waals surface area contributed by atoms with Crippen molar-refractivity contribution in [3.8, 4) is 5.75 Å². The molecule has 0 heterocycles. The lowest BCUT2D eigenvalue weighted by molar-refractivity contribution is -0.274. The normalized spacial score (nSPS) is 12.4. The van der Waals surface area contributed by atoms with E-state index in [0.29, 0.717) is 10.6 Å². The standard InChI is InChI=1S/C14H11ClF3NO.ClH/c15-11-5-1-9(2-6-11)13(19)10-3-7-12(8-4-10)20-14(16,17)18;/h1-8,13H,19H2;1H/t13-;/m0./s1. The van der Waals surface area contributed by atoms with E-state index in [9.17, 15) is 13.2 Å². The molecular formula is C14H12Cl2F3NO. The highest BCUT2D eigenvalue weighted by Gasteiger charge is 2.31. The van der Waals surface area contributed by atoms with Crippen LogP contribution >= 0.6 is 24.0 Å². The topological polar surface area (TPSA) is 35.2 Å². The summed E-state index contributed by atoms with van der Waals surface area (Å²) in [5.41, 5.74) is 7.54. The van der Waals surface area contributed by atoms with Crippen LogP contribution in [0.5, 0.6) is 5.75 Å². The van der Waals surface area contributed by atoms with Crippen LogP contribution in [0.15, 0.2) is 48.5 Å². The second-order valence-corrected chi connectivity index (χ2v) is 4.58. The Kier molecular flexibility index (Phi) is 5.89. The lowest BCUT2D eigenvalue weighted by atomic mass is 10.00. The minimum atomic E-state index is -4.69. The molecule has 2 rings (SSSR count). The van der Waals surface area contributed by atoms with Crippen LogP contribution in [0.25, 0.3) is 0 Å². The molecule has 0 bridgehead atoms. The van der Waals surface area contributed by atoms with Gasteiger partial charge >= 0.3 is 6.36 Å². The third kappa shape index (κ3) is 5.12. The number of nitrogens with two attached hydrogens (primary N) is 1. The summed E-state index contributed by atoms with van der Waals surface area (Å²) in [6.07, 6.45) is -4.69. The van der Waals surface area contributed by atoms with Gasteiger partial charge in [0.2, 0.25) is 0 Å². The summed E-state index contributed by atoms with van der Waals surface area (Å²) in [4.78, 5) is 0. The molecule has 0 unspecified atom stereocenters. The maximum atomic E-state index is 12.0. The highest BCUT2D eigenvalue weighted by Crippen LogP contribution is 2.26. The van der Waals surface area contributed by atoms with E-state index in [1.165, 1.54) is 24.3 Å². The van der Waals surface area contributed by atoms with Gasteiger partial charge in [-0.25, -0.2) is 0 Å². The summed E-state index contributed by atoms with van der Waals surface area (Å²) in [5, 5.41) is 0.592. The largest absolute Gasteiger partial charge is 0.573 e. The molecule has 0 saturated heterocycles. The van der Waals surface area contributed by atoms with Crippen LogP contribution in [0.3, 0.4) is 0 Å². The molecule has 7 heteroatoms. The summed E-state index contributed by atoms with van der Waals surface area (Å²) in [6, 6.07) is 12.0. The van der Waals surface area contributed by atoms with Crippen LogP contribution in [0, 0.1) is 0 Å². The highest BCUT2D eigenvalue weighted by atomic mass is 35.5. The Labute approximate surface area is 131 Å². The molecule has 21 heavy (non-hydrogen) atoms. The molecule has 0 amide bonds. The number of halogens is 5. The number of hydrogen-bond donors (Lipinski definition) is 1. The Bertz CT molecular complexity index is 570. The Morgan fingerprint density at radius 2 is 1.33 bits per heavy atom. The smallest absolute Gasteiger partial charge is 0.406 e. The molecule has 0 spiro atoms. The maximum Gasteiger partial charge on any atom is 0.573 e. The first kappa shape index (κ1) is 17.6. The van der Waals surface area contributed by atoms with Crippen molar-refractivity contribution >= 4 is 24.0 Å². The van der Waals surface area contributed by atoms with E-state index in [0.717, 1.165) is 5.56 Å². The number of rotatable bonds is 3. The van der Waals surface area contributed by atoms with E-state index in [-0.39, 0.29) is 18.2 Å². The third-order valence-corrected chi connectivity index (χ3v) is 2.95. The molecule has 0 radical (unpaired) electrons. The Morgan fingerprint density at radius 3 is 1.76 bits per heavy atom. The quantitative estimate of drug-likeness (QED) is 0.880. The summed E-state index contributed by atoms with van der Waals surface area (Å²) in [5.74, 6) is -0.274. The lowest BCUT2D eigenvalue weighted by Gasteiger charge is -2.14. The molecule has 2 N–H and O–H groups in total. The Hall–Kier alpha value is -1.43. The van der Waals surface area contributed by atoms with Crippen LogP contribution < -0.4 is 10.5 Å². The zero-order valence-corrected chi connectivity index (χ0v) is 12.2. The first-order valence-corrected chi connectivity index (χ1v) is 6.10. The Morgan fingerprint density at radius 1 is 0.905 bits per heavy atom. The molecule has 0 saturated carbocycles. The van der Waals surface area contributed by atoms with Crippen molar-refractivity contribution in [2.45, 2.75) is 12.4 Å². The van der Waals surface area contributed by atoms with Crippen molar-refractivity contribution in [3.05, 3.63) is 64.7 Å². The molecule has 0 fully saturated rings. The fraction of sp³-hybridized carbons (Fsp3) is 0.143. The van der Waals surface area contributed by atoms with E-state index in [1.54, 1.807) is 24.3 Å². The molecule has 0 aliphatic rings. The molecule has 114 valence electrons. The van der Waals surface area contributed by atoms with E-state index in [4.69, 9.17) is 17.3 Å². The van der Waals surface area contributed by atoms with Crippen molar-refractivity contribution < 1.29 is 17.9 Å². The van der Waals surface area contributed by atoms with E-state index >= 15 is 0 Å². The van der Waals surface area contributed by atoms with Crippen molar-refractivity contribution in [1.82, 2.24) is 0 Å². The van der Waals surface area contributed by atoms with Crippen LogP contribution in [-0.4, -0.2) is 6.36 Å². The number of benzene rings is 2. The predicted octanol–water partition coefficient (Wildman–Crippen LogP) is 4.71. The molecule has 2 nitrogen and oxygen atoms in total. The predicted molar refractivity (Wildman–Crippen MR) is 77.9 cm³/mol. The monoisotopic (exact) mass is 337 g/mol. The van der Waals surface area contributed by atoms with E-state index in [2.05, 4.69) is 4.74 Å². The second-order valence-electron chi connectivity index (χ2n) is 4.15. The van der Waals surface area contributed by atoms with Gasteiger partial charge in [0.15, 0.2) is 0 Å². The van der Waals surface area contributed by atoms with Gasteiger partial charge in [0.05, 0.1) is 6.04 Å². The SMILES string of the molecule is Cl.N[C@@H](c1ccc(Cl)cc1)c1ccc(OC(F)(F)F)cc1. The number of alkyl halides is 3. The van der Waals surface area contributed by atoms with E-state index < -0.39 is 12.4 Å². The number of ether oxygens (including phenoxy) is 1. The van der Waals surface area contributed by atoms with E-state index in [1.807, 2.05) is 0 Å².